The molecule has 0 unspecified atom stereocenters. The fourth-order valence-electron chi connectivity index (χ4n) is 6.21. The number of hydrogen-bond donors (Lipinski definition) is 0. The first-order valence-corrected chi connectivity index (χ1v) is 19.4. The predicted molar refractivity (Wildman–Crippen MR) is 226 cm³/mol. The molecule has 0 radical (unpaired) electrons. The van der Waals surface area contributed by atoms with Gasteiger partial charge in [0.25, 0.3) is 0 Å². The summed E-state index contributed by atoms with van der Waals surface area (Å²) in [6.07, 6.45) is 4.11. The van der Waals surface area contributed by atoms with Gasteiger partial charge in [0.2, 0.25) is 0 Å². The van der Waals surface area contributed by atoms with Crippen LogP contribution in [0.1, 0.15) is 38.2 Å². The Kier molecular flexibility index (Phi) is 11.4. The van der Waals surface area contributed by atoms with Crippen molar-refractivity contribution in [3.8, 4) is 11.5 Å². The number of carbonyl (C=O) groups excluding carboxylic acids is 1. The molecule has 6 rings (SSSR count). The molecule has 0 N–H and O–H groups in total. The van der Waals surface area contributed by atoms with Gasteiger partial charge in [-0.05, 0) is 158 Å². The lowest BCUT2D eigenvalue weighted by Crippen LogP contribution is -2.23. The topological polar surface area (TPSA) is 51.2 Å². The van der Waals surface area contributed by atoms with Crippen molar-refractivity contribution in [2.45, 2.75) is 5.60 Å². The first kappa shape index (κ1) is 37.9. The number of anilines is 2. The van der Waals surface area contributed by atoms with Crippen molar-refractivity contribution < 1.29 is 19.0 Å². The Morgan fingerprint density at radius 2 is 0.904 bits per heavy atom. The fourth-order valence-corrected chi connectivity index (χ4v) is 8.80. The first-order chi connectivity index (χ1) is 24.9. The Balaban J connectivity index is 1.74. The Morgan fingerprint density at radius 3 is 1.25 bits per heavy atom. The number of nitrogens with zero attached hydrogens (tertiary/aromatic N) is 2. The van der Waals surface area contributed by atoms with E-state index < -0.39 is 11.6 Å². The highest BCUT2D eigenvalue weighted by Crippen LogP contribution is 2.53. The predicted octanol–water partition coefficient (Wildman–Crippen LogP) is 11.5. The molecule has 0 spiro atoms. The highest BCUT2D eigenvalue weighted by molar-refractivity contribution is 9.15. The van der Waals surface area contributed by atoms with Gasteiger partial charge in [-0.15, -0.1) is 0 Å². The average Bonchev–Trinajstić information content (AvgIpc) is 3.45. The minimum atomic E-state index is -1.40. The van der Waals surface area contributed by atoms with Crippen LogP contribution in [-0.2, 0) is 10.3 Å². The van der Waals surface area contributed by atoms with Gasteiger partial charge in [0.05, 0.1) is 19.8 Å². The van der Waals surface area contributed by atoms with E-state index in [4.69, 9.17) is 14.2 Å². The molecule has 5 aromatic carbocycles. The van der Waals surface area contributed by atoms with Crippen LogP contribution in [0.3, 0.4) is 0 Å². The zero-order chi connectivity index (χ0) is 37.3. The summed E-state index contributed by atoms with van der Waals surface area (Å²) in [7, 11) is 11.4. The molecule has 0 aliphatic carbocycles. The number of carbonyl (C=O) groups is 1. The van der Waals surface area contributed by atoms with Gasteiger partial charge >= 0.3 is 5.97 Å². The minimum absolute atomic E-state index is 0.420. The Bertz CT molecular complexity index is 2060. The van der Waals surface area contributed by atoms with Crippen LogP contribution in [0.25, 0.3) is 11.1 Å². The average molecular weight is 952 g/mol. The molecule has 0 aromatic heterocycles. The Morgan fingerprint density at radius 1 is 0.558 bits per heavy atom. The Hall–Kier alpha value is -3.83. The van der Waals surface area contributed by atoms with Crippen LogP contribution in [0, 0.1) is 0 Å². The first-order valence-electron chi connectivity index (χ1n) is 16.3. The second kappa shape index (κ2) is 15.6. The van der Waals surface area contributed by atoms with Crippen molar-refractivity contribution >= 4 is 92.2 Å². The second-order valence-electron chi connectivity index (χ2n) is 12.6. The van der Waals surface area contributed by atoms with E-state index in [1.54, 1.807) is 14.2 Å². The van der Waals surface area contributed by atoms with Crippen LogP contribution in [0.5, 0.6) is 11.5 Å². The molecule has 0 saturated heterocycles. The smallest absolute Gasteiger partial charge is 0.341 e. The third-order valence-corrected chi connectivity index (χ3v) is 13.8. The number of cyclic esters (lactones) is 1. The number of fused-ring (bicyclic) bond motifs is 1. The van der Waals surface area contributed by atoms with Gasteiger partial charge in [-0.3, -0.25) is 0 Å². The number of rotatable bonds is 10. The van der Waals surface area contributed by atoms with Crippen molar-refractivity contribution in [2.24, 2.45) is 0 Å². The highest BCUT2D eigenvalue weighted by atomic mass is 79.9. The summed E-state index contributed by atoms with van der Waals surface area (Å²) in [5, 5.41) is 0. The molecule has 0 saturated carbocycles. The number of esters is 1. The summed E-state index contributed by atoms with van der Waals surface area (Å²) in [6.45, 7) is 0. The molecule has 1 aliphatic heterocycles. The second-order valence-corrected chi connectivity index (χ2v) is 15.8. The van der Waals surface area contributed by atoms with Crippen molar-refractivity contribution in [3.63, 3.8) is 0 Å². The van der Waals surface area contributed by atoms with Crippen molar-refractivity contribution in [3.05, 3.63) is 160 Å². The quantitative estimate of drug-likeness (QED) is 0.0790. The zero-order valence-corrected chi connectivity index (χ0v) is 35.8. The molecule has 0 bridgehead atoms. The maximum atomic E-state index is 14.2. The van der Waals surface area contributed by atoms with Crippen molar-refractivity contribution in [2.75, 3.05) is 52.2 Å². The third kappa shape index (κ3) is 7.36. The maximum absolute atomic E-state index is 14.2. The lowest BCUT2D eigenvalue weighted by atomic mass is 9.83. The highest BCUT2D eigenvalue weighted by Gasteiger charge is 2.48. The maximum Gasteiger partial charge on any atom is 0.341 e. The molecule has 10 heteroatoms. The van der Waals surface area contributed by atoms with Crippen LogP contribution in [0.2, 0.25) is 0 Å². The summed E-state index contributed by atoms with van der Waals surface area (Å²) in [6, 6.07) is 32.5. The van der Waals surface area contributed by atoms with E-state index >= 15 is 0 Å². The Labute approximate surface area is 338 Å². The van der Waals surface area contributed by atoms with Crippen LogP contribution < -0.4 is 19.3 Å². The molecule has 6 nitrogen and oxygen atoms in total. The monoisotopic (exact) mass is 948 g/mol. The SMILES string of the molecule is COc1ccc(C(=CC2(C=C(c3ccc(OC)cc3)c3ccc(N(C)C)cc3)OC(=O)c3c(Br)c(Br)c(Br)c(Br)c32)c2ccc(N(C)C)cc2)cc1. The molecular formula is C42H36Br4N2O4. The standard InChI is InChI=1S/C42H36Br4N2O4/c1-47(2)29-15-7-25(8-16-29)33(27-11-19-31(50-5)20-12-27)23-42(36-35(41(49)52-42)37(43)39(45)40(46)38(36)44)24-34(28-13-21-32(51-6)22-14-28)26-9-17-30(18-10-26)48(3)4/h7-24H,1-6H3. The fraction of sp³-hybridized carbons (Fsp3) is 0.167. The zero-order valence-electron chi connectivity index (χ0n) is 29.4. The van der Waals surface area contributed by atoms with E-state index in [1.807, 2.05) is 76.7 Å². The molecule has 52 heavy (non-hydrogen) atoms. The molecule has 5 aromatic rings. The third-order valence-electron chi connectivity index (χ3n) is 9.03. The van der Waals surface area contributed by atoms with Gasteiger partial charge in [-0.25, -0.2) is 4.79 Å². The summed E-state index contributed by atoms with van der Waals surface area (Å²) in [5.74, 6) is 1.01. The number of ether oxygens (including phenoxy) is 3. The minimum Gasteiger partial charge on any atom is -0.497 e. The van der Waals surface area contributed by atoms with Crippen molar-refractivity contribution in [1.82, 2.24) is 0 Å². The van der Waals surface area contributed by atoms with E-state index in [-0.39, 0.29) is 0 Å². The van der Waals surface area contributed by atoms with E-state index in [2.05, 4.69) is 134 Å². The van der Waals surface area contributed by atoms with Crippen LogP contribution >= 0.6 is 63.7 Å². The van der Waals surface area contributed by atoms with E-state index in [1.165, 1.54) is 0 Å². The van der Waals surface area contributed by atoms with Crippen molar-refractivity contribution in [1.29, 1.82) is 0 Å². The lowest BCUT2D eigenvalue weighted by molar-refractivity contribution is 0.0298. The van der Waals surface area contributed by atoms with Gasteiger partial charge in [0.1, 0.15) is 11.5 Å². The molecule has 0 atom stereocenters. The molecule has 0 fully saturated rings. The van der Waals surface area contributed by atoms with Crippen LogP contribution in [0.15, 0.2) is 127 Å². The van der Waals surface area contributed by atoms with Gasteiger partial charge in [0.15, 0.2) is 5.60 Å². The van der Waals surface area contributed by atoms with E-state index in [9.17, 15) is 4.79 Å². The van der Waals surface area contributed by atoms with Gasteiger partial charge < -0.3 is 24.0 Å². The number of methoxy groups -OCH3 is 2. The molecule has 0 amide bonds. The number of halogens is 4. The summed E-state index contributed by atoms with van der Waals surface area (Å²) < 4.78 is 20.4. The number of benzene rings is 5. The molecule has 266 valence electrons. The molecular weight excluding hydrogens is 916 g/mol. The lowest BCUT2D eigenvalue weighted by Gasteiger charge is -2.28. The van der Waals surface area contributed by atoms with E-state index in [0.29, 0.717) is 24.5 Å². The summed E-state index contributed by atoms with van der Waals surface area (Å²) in [4.78, 5) is 18.3. The largest absolute Gasteiger partial charge is 0.497 e. The van der Waals surface area contributed by atoms with Gasteiger partial charge in [0, 0.05) is 63.0 Å². The summed E-state index contributed by atoms with van der Waals surface area (Å²) >= 11 is 15.0. The van der Waals surface area contributed by atoms with Gasteiger partial charge in [-0.2, -0.15) is 0 Å². The number of hydrogen-bond acceptors (Lipinski definition) is 6. The summed E-state index contributed by atoms with van der Waals surface area (Å²) in [5.41, 5.74) is 7.26. The van der Waals surface area contributed by atoms with Crippen LogP contribution in [0.4, 0.5) is 11.4 Å². The molecule has 1 heterocycles. The van der Waals surface area contributed by atoms with E-state index in [0.717, 1.165) is 60.7 Å². The van der Waals surface area contributed by atoms with Crippen LogP contribution in [-0.4, -0.2) is 48.4 Å². The van der Waals surface area contributed by atoms with Gasteiger partial charge in [-0.1, -0.05) is 48.5 Å². The normalized spacial score (nSPS) is 15.6. The molecule has 1 aliphatic rings.